The smallest absolute Gasteiger partial charge is 0.248 e. The second-order valence-electron chi connectivity index (χ2n) is 3.44. The molecule has 0 aliphatic carbocycles. The van der Waals surface area contributed by atoms with Crippen molar-refractivity contribution in [2.24, 2.45) is 5.73 Å². The molecule has 0 radical (unpaired) electrons. The Kier molecular flexibility index (Phi) is 4.22. The highest BCUT2D eigenvalue weighted by molar-refractivity contribution is 7.89. The van der Waals surface area contributed by atoms with Crippen molar-refractivity contribution in [1.29, 1.82) is 0 Å². The Morgan fingerprint density at radius 2 is 2.12 bits per heavy atom. The quantitative estimate of drug-likeness (QED) is 0.736. The molecule has 0 aliphatic rings. The van der Waals surface area contributed by atoms with Crippen LogP contribution in [-0.2, 0) is 10.0 Å². The van der Waals surface area contributed by atoms with Gasteiger partial charge in [-0.2, -0.15) is 4.31 Å². The lowest BCUT2D eigenvalue weighted by Gasteiger charge is -2.15. The van der Waals surface area contributed by atoms with E-state index < -0.39 is 15.9 Å². The third kappa shape index (κ3) is 3.02. The molecule has 1 rings (SSSR count). The molecule has 94 valence electrons. The van der Waals surface area contributed by atoms with E-state index in [0.717, 1.165) is 4.31 Å². The summed E-state index contributed by atoms with van der Waals surface area (Å²) in [5.74, 6) is -0.688. The molecule has 0 aliphatic heterocycles. The zero-order valence-electron chi connectivity index (χ0n) is 9.33. The van der Waals surface area contributed by atoms with Gasteiger partial charge < -0.3 is 10.8 Å². The molecule has 0 saturated carbocycles. The fourth-order valence-corrected chi connectivity index (χ4v) is 2.46. The first kappa shape index (κ1) is 13.6. The van der Waals surface area contributed by atoms with Crippen molar-refractivity contribution in [3.05, 3.63) is 29.8 Å². The van der Waals surface area contributed by atoms with Gasteiger partial charge in [0.05, 0.1) is 11.5 Å². The molecule has 0 fully saturated rings. The molecule has 1 aromatic rings. The molecule has 6 nitrogen and oxygen atoms in total. The number of nitrogens with two attached hydrogens (primary N) is 1. The first-order valence-corrected chi connectivity index (χ1v) is 6.30. The van der Waals surface area contributed by atoms with Crippen LogP contribution in [0.4, 0.5) is 0 Å². The van der Waals surface area contributed by atoms with Crippen LogP contribution in [0.15, 0.2) is 29.2 Å². The predicted octanol–water partition coefficient (Wildman–Crippen LogP) is -0.602. The maximum absolute atomic E-state index is 12.0. The van der Waals surface area contributed by atoms with E-state index >= 15 is 0 Å². The van der Waals surface area contributed by atoms with Crippen molar-refractivity contribution in [3.8, 4) is 0 Å². The lowest BCUT2D eigenvalue weighted by molar-refractivity contribution is 0.1000. The zero-order chi connectivity index (χ0) is 13.1. The molecular formula is C10H14N2O4S. The van der Waals surface area contributed by atoms with Crippen LogP contribution in [0.25, 0.3) is 0 Å². The number of nitrogens with zero attached hydrogens (tertiary/aromatic N) is 1. The topological polar surface area (TPSA) is 101 Å². The monoisotopic (exact) mass is 258 g/mol. The van der Waals surface area contributed by atoms with Crippen molar-refractivity contribution >= 4 is 15.9 Å². The van der Waals surface area contributed by atoms with Crippen LogP contribution in [-0.4, -0.2) is 43.9 Å². The molecule has 1 aromatic carbocycles. The molecule has 1 amide bonds. The number of aliphatic hydroxyl groups is 1. The third-order valence-corrected chi connectivity index (χ3v) is 4.09. The van der Waals surface area contributed by atoms with Gasteiger partial charge in [-0.15, -0.1) is 0 Å². The largest absolute Gasteiger partial charge is 0.395 e. The molecule has 0 atom stereocenters. The number of primary amides is 1. The van der Waals surface area contributed by atoms with Gasteiger partial charge in [0.2, 0.25) is 15.9 Å². The minimum atomic E-state index is -3.69. The van der Waals surface area contributed by atoms with Gasteiger partial charge in [-0.05, 0) is 18.2 Å². The standard InChI is InChI=1S/C10H14N2O4S/c1-12(5-6-13)17(15,16)9-4-2-3-8(7-9)10(11)14/h2-4,7,13H,5-6H2,1H3,(H2,11,14). The fourth-order valence-electron chi connectivity index (χ4n) is 1.25. The second kappa shape index (κ2) is 5.26. The summed E-state index contributed by atoms with van der Waals surface area (Å²) in [6.07, 6.45) is 0. The molecular weight excluding hydrogens is 244 g/mol. The molecule has 0 heterocycles. The molecule has 0 bridgehead atoms. The number of carbonyl (C=O) groups is 1. The van der Waals surface area contributed by atoms with Crippen LogP contribution in [0.3, 0.4) is 0 Å². The summed E-state index contributed by atoms with van der Waals surface area (Å²) in [5, 5.41) is 8.71. The van der Waals surface area contributed by atoms with E-state index in [1.54, 1.807) is 0 Å². The number of benzene rings is 1. The van der Waals surface area contributed by atoms with E-state index in [1.165, 1.54) is 31.3 Å². The van der Waals surface area contributed by atoms with Gasteiger partial charge >= 0.3 is 0 Å². The van der Waals surface area contributed by atoms with Crippen LogP contribution in [0.2, 0.25) is 0 Å². The first-order valence-electron chi connectivity index (χ1n) is 4.86. The van der Waals surface area contributed by atoms with E-state index in [1.807, 2.05) is 0 Å². The third-order valence-electron chi connectivity index (χ3n) is 2.24. The van der Waals surface area contributed by atoms with E-state index in [0.29, 0.717) is 0 Å². The summed E-state index contributed by atoms with van der Waals surface area (Å²) < 4.78 is 24.9. The van der Waals surface area contributed by atoms with Crippen molar-refractivity contribution in [3.63, 3.8) is 0 Å². The summed E-state index contributed by atoms with van der Waals surface area (Å²) in [7, 11) is -2.34. The number of hydrogen-bond acceptors (Lipinski definition) is 4. The SMILES string of the molecule is CN(CCO)S(=O)(=O)c1cccc(C(N)=O)c1. The summed E-state index contributed by atoms with van der Waals surface area (Å²) in [4.78, 5) is 10.9. The molecule has 0 saturated heterocycles. The van der Waals surface area contributed by atoms with E-state index in [-0.39, 0.29) is 23.6 Å². The van der Waals surface area contributed by atoms with Gasteiger partial charge in [0.1, 0.15) is 0 Å². The van der Waals surface area contributed by atoms with Crippen LogP contribution >= 0.6 is 0 Å². The maximum Gasteiger partial charge on any atom is 0.248 e. The average Bonchev–Trinajstić information content (AvgIpc) is 2.29. The fraction of sp³-hybridized carbons (Fsp3) is 0.300. The number of aliphatic hydroxyl groups excluding tert-OH is 1. The Morgan fingerprint density at radius 3 is 2.65 bits per heavy atom. The van der Waals surface area contributed by atoms with Crippen molar-refractivity contribution in [2.75, 3.05) is 20.2 Å². The maximum atomic E-state index is 12.0. The Hall–Kier alpha value is -1.44. The van der Waals surface area contributed by atoms with Gasteiger partial charge in [0, 0.05) is 19.2 Å². The van der Waals surface area contributed by atoms with Gasteiger partial charge in [-0.1, -0.05) is 6.07 Å². The Balaban J connectivity index is 3.15. The second-order valence-corrected chi connectivity index (χ2v) is 5.49. The highest BCUT2D eigenvalue weighted by Gasteiger charge is 2.20. The van der Waals surface area contributed by atoms with Crippen molar-refractivity contribution in [2.45, 2.75) is 4.90 Å². The summed E-state index contributed by atoms with van der Waals surface area (Å²) in [6, 6.07) is 5.47. The Labute approximate surface area is 99.7 Å². The van der Waals surface area contributed by atoms with E-state index in [4.69, 9.17) is 10.8 Å². The van der Waals surface area contributed by atoms with Crippen LogP contribution in [0.5, 0.6) is 0 Å². The summed E-state index contributed by atoms with van der Waals surface area (Å²) in [5.41, 5.74) is 5.20. The number of sulfonamides is 1. The molecule has 0 unspecified atom stereocenters. The highest BCUT2D eigenvalue weighted by atomic mass is 32.2. The molecule has 0 aromatic heterocycles. The predicted molar refractivity (Wildman–Crippen MR) is 61.9 cm³/mol. The molecule has 0 spiro atoms. The minimum absolute atomic E-state index is 0.0108. The normalized spacial score (nSPS) is 11.7. The first-order chi connectivity index (χ1) is 7.89. The summed E-state index contributed by atoms with van der Waals surface area (Å²) in [6.45, 7) is -0.283. The Bertz CT molecular complexity index is 513. The van der Waals surface area contributed by atoms with Gasteiger partial charge in [-0.3, -0.25) is 4.79 Å². The van der Waals surface area contributed by atoms with Crippen molar-refractivity contribution < 1.29 is 18.3 Å². The van der Waals surface area contributed by atoms with E-state index in [9.17, 15) is 13.2 Å². The van der Waals surface area contributed by atoms with E-state index in [2.05, 4.69) is 0 Å². The lowest BCUT2D eigenvalue weighted by atomic mass is 10.2. The zero-order valence-corrected chi connectivity index (χ0v) is 10.1. The van der Waals surface area contributed by atoms with Gasteiger partial charge in [0.15, 0.2) is 0 Å². The molecule has 3 N–H and O–H groups in total. The van der Waals surface area contributed by atoms with Crippen LogP contribution in [0, 0.1) is 0 Å². The highest BCUT2D eigenvalue weighted by Crippen LogP contribution is 2.15. The van der Waals surface area contributed by atoms with Gasteiger partial charge in [-0.25, -0.2) is 8.42 Å². The minimum Gasteiger partial charge on any atom is -0.395 e. The molecule has 17 heavy (non-hydrogen) atoms. The van der Waals surface area contributed by atoms with Crippen molar-refractivity contribution in [1.82, 2.24) is 4.31 Å². The summed E-state index contributed by atoms with van der Waals surface area (Å²) >= 11 is 0. The number of likely N-dealkylation sites (N-methyl/N-ethyl adjacent to an activating group) is 1. The number of amides is 1. The Morgan fingerprint density at radius 1 is 1.47 bits per heavy atom. The number of carbonyl (C=O) groups excluding carboxylic acids is 1. The van der Waals surface area contributed by atoms with Crippen LogP contribution < -0.4 is 5.73 Å². The number of hydrogen-bond donors (Lipinski definition) is 2. The van der Waals surface area contributed by atoms with Gasteiger partial charge in [0.25, 0.3) is 0 Å². The number of rotatable bonds is 5. The average molecular weight is 258 g/mol. The van der Waals surface area contributed by atoms with Crippen LogP contribution in [0.1, 0.15) is 10.4 Å². The lowest BCUT2D eigenvalue weighted by Crippen LogP contribution is -2.29. The molecule has 7 heteroatoms.